The molecule has 0 saturated carbocycles. The Hall–Kier alpha value is -4.05. The van der Waals surface area contributed by atoms with Crippen molar-refractivity contribution in [3.8, 4) is 0 Å². The molecule has 1 aromatic heterocycles. The molecule has 4 N–H and O–H groups in total. The fourth-order valence-electron chi connectivity index (χ4n) is 5.62. The first-order valence-electron chi connectivity index (χ1n) is 18.1. The van der Waals surface area contributed by atoms with Gasteiger partial charge in [0.15, 0.2) is 0 Å². The Morgan fingerprint density at radius 1 is 1.00 bits per heavy atom. The lowest BCUT2D eigenvalue weighted by molar-refractivity contribution is -0.144. The van der Waals surface area contributed by atoms with E-state index in [-0.39, 0.29) is 37.8 Å². The SMILES string of the molecule is CCCCC(NC(=O)C1CC(OC(C)(C)C)CN1C(=O)C(NC(=O)OCC(C)C)C(C)(C)C)C(=O)C(=O)NCC(=O)NC(C(=O)N(C)C)c1cccs1. The summed E-state index contributed by atoms with van der Waals surface area (Å²) in [5, 5.41) is 12.1. The molecule has 0 spiro atoms. The number of likely N-dealkylation sites (tertiary alicyclic amines) is 1. The van der Waals surface area contributed by atoms with E-state index in [1.54, 1.807) is 52.4 Å². The van der Waals surface area contributed by atoms with Gasteiger partial charge in [-0.05, 0) is 50.0 Å². The number of carbonyl (C=O) groups is 7. The third-order valence-corrected chi connectivity index (χ3v) is 9.16. The summed E-state index contributed by atoms with van der Waals surface area (Å²) in [6.07, 6.45) is 0.112. The minimum absolute atomic E-state index is 0.0510. The number of amides is 6. The van der Waals surface area contributed by atoms with Gasteiger partial charge < -0.3 is 40.5 Å². The van der Waals surface area contributed by atoms with Crippen molar-refractivity contribution in [2.24, 2.45) is 11.3 Å². The van der Waals surface area contributed by atoms with Gasteiger partial charge in [0.25, 0.3) is 5.91 Å². The van der Waals surface area contributed by atoms with Crippen LogP contribution in [0, 0.1) is 11.3 Å². The van der Waals surface area contributed by atoms with Gasteiger partial charge in [0.05, 0.1) is 30.9 Å². The van der Waals surface area contributed by atoms with Gasteiger partial charge in [0.2, 0.25) is 29.4 Å². The van der Waals surface area contributed by atoms with Crippen LogP contribution in [0.4, 0.5) is 4.79 Å². The number of ketones is 1. The second-order valence-electron chi connectivity index (χ2n) is 16.0. The zero-order valence-corrected chi connectivity index (χ0v) is 33.9. The molecule has 1 saturated heterocycles. The standard InChI is InChI=1S/C37H60N6O9S/c1-12-13-15-24(29(45)32(47)38-19-27(44)40-28(33(48)42(10)11)26-16-14-17-53-26)39-31(46)25-18-23(52-37(7,8)9)20-43(25)34(49)30(36(4,5)6)41-35(50)51-21-22(2)3/h14,16-17,22-25,28,30H,12-13,15,18-21H2,1-11H3,(H,38,47)(H,39,46)(H,40,44)(H,41,50). The van der Waals surface area contributed by atoms with Crippen molar-refractivity contribution in [3.05, 3.63) is 22.4 Å². The fraction of sp³-hybridized carbons (Fsp3) is 0.703. The molecular weight excluding hydrogens is 705 g/mol. The maximum Gasteiger partial charge on any atom is 0.407 e. The summed E-state index contributed by atoms with van der Waals surface area (Å²) in [6.45, 7) is 16.2. The molecule has 15 nitrogen and oxygen atoms in total. The predicted octanol–water partition coefficient (Wildman–Crippen LogP) is 2.94. The quantitative estimate of drug-likeness (QED) is 0.173. The number of ether oxygens (including phenoxy) is 2. The van der Waals surface area contributed by atoms with Crippen LogP contribution < -0.4 is 21.3 Å². The molecule has 298 valence electrons. The molecule has 5 atom stereocenters. The van der Waals surface area contributed by atoms with E-state index >= 15 is 0 Å². The number of nitrogens with one attached hydrogen (secondary N) is 4. The first-order chi connectivity index (χ1) is 24.5. The zero-order chi connectivity index (χ0) is 40.3. The third kappa shape index (κ3) is 14.4. The van der Waals surface area contributed by atoms with Crippen LogP contribution in [0.5, 0.6) is 0 Å². The van der Waals surface area contributed by atoms with E-state index in [0.717, 1.165) is 0 Å². The van der Waals surface area contributed by atoms with Gasteiger partial charge in [-0.3, -0.25) is 28.8 Å². The number of unbranched alkanes of at least 4 members (excludes halogenated alkanes) is 1. The summed E-state index contributed by atoms with van der Waals surface area (Å²) in [6, 6.07) is -0.908. The van der Waals surface area contributed by atoms with Crippen LogP contribution in [0.1, 0.15) is 98.9 Å². The minimum Gasteiger partial charge on any atom is -0.449 e. The van der Waals surface area contributed by atoms with Crippen molar-refractivity contribution in [2.75, 3.05) is 33.8 Å². The number of Topliss-reactive ketones (excluding diaryl/α,β-unsaturated/α-hetero) is 1. The van der Waals surface area contributed by atoms with Gasteiger partial charge in [0, 0.05) is 31.9 Å². The first-order valence-corrected chi connectivity index (χ1v) is 19.0. The van der Waals surface area contributed by atoms with E-state index in [4.69, 9.17) is 9.47 Å². The molecule has 1 aromatic rings. The number of alkyl carbamates (subject to hydrolysis) is 1. The molecule has 0 aliphatic carbocycles. The van der Waals surface area contributed by atoms with E-state index in [9.17, 15) is 33.6 Å². The van der Waals surface area contributed by atoms with Crippen LogP contribution >= 0.6 is 11.3 Å². The average Bonchev–Trinajstić information content (AvgIpc) is 3.74. The Kier molecular flexibility index (Phi) is 16.9. The van der Waals surface area contributed by atoms with E-state index in [1.165, 1.54) is 21.1 Å². The molecule has 1 aliphatic rings. The molecule has 5 unspecified atom stereocenters. The van der Waals surface area contributed by atoms with Crippen LogP contribution in [-0.4, -0.2) is 115 Å². The lowest BCUT2D eigenvalue weighted by Crippen LogP contribution is -2.59. The second-order valence-corrected chi connectivity index (χ2v) is 17.0. The van der Waals surface area contributed by atoms with Crippen LogP contribution in [0.25, 0.3) is 0 Å². The van der Waals surface area contributed by atoms with Crippen molar-refractivity contribution in [3.63, 3.8) is 0 Å². The predicted molar refractivity (Wildman–Crippen MR) is 201 cm³/mol. The third-order valence-electron chi connectivity index (χ3n) is 8.22. The maximum atomic E-state index is 14.2. The molecule has 1 fully saturated rings. The topological polar surface area (TPSA) is 193 Å². The van der Waals surface area contributed by atoms with E-state index in [2.05, 4.69) is 21.3 Å². The van der Waals surface area contributed by atoms with Gasteiger partial charge in [-0.2, -0.15) is 0 Å². The lowest BCUT2D eigenvalue weighted by atomic mass is 9.85. The number of hydrogen-bond donors (Lipinski definition) is 4. The Labute approximate surface area is 317 Å². The summed E-state index contributed by atoms with van der Waals surface area (Å²) >= 11 is 1.29. The van der Waals surface area contributed by atoms with Crippen molar-refractivity contribution < 1.29 is 43.0 Å². The van der Waals surface area contributed by atoms with E-state index in [1.807, 2.05) is 41.5 Å². The van der Waals surface area contributed by atoms with Crippen LogP contribution in [0.3, 0.4) is 0 Å². The van der Waals surface area contributed by atoms with Gasteiger partial charge >= 0.3 is 6.09 Å². The normalized spacial score (nSPS) is 17.7. The van der Waals surface area contributed by atoms with Crippen molar-refractivity contribution in [1.29, 1.82) is 0 Å². The molecule has 2 rings (SSSR count). The Morgan fingerprint density at radius 2 is 1.66 bits per heavy atom. The largest absolute Gasteiger partial charge is 0.449 e. The second kappa shape index (κ2) is 19.9. The molecule has 1 aliphatic heterocycles. The smallest absolute Gasteiger partial charge is 0.407 e. The fourth-order valence-corrected chi connectivity index (χ4v) is 6.39. The van der Waals surface area contributed by atoms with Crippen molar-refractivity contribution in [1.82, 2.24) is 31.1 Å². The maximum absolute atomic E-state index is 14.2. The van der Waals surface area contributed by atoms with Crippen molar-refractivity contribution >= 4 is 52.7 Å². The van der Waals surface area contributed by atoms with Gasteiger partial charge in [-0.15, -0.1) is 11.3 Å². The van der Waals surface area contributed by atoms with Crippen molar-refractivity contribution in [2.45, 2.75) is 124 Å². The van der Waals surface area contributed by atoms with Crippen LogP contribution in [0.2, 0.25) is 0 Å². The number of carbonyl (C=O) groups excluding carboxylic acids is 7. The summed E-state index contributed by atoms with van der Waals surface area (Å²) in [5.74, 6) is -4.19. The number of rotatable bonds is 17. The Morgan fingerprint density at radius 3 is 2.19 bits per heavy atom. The minimum atomic E-state index is -1.25. The van der Waals surface area contributed by atoms with Gasteiger partial charge in [0.1, 0.15) is 18.1 Å². The highest BCUT2D eigenvalue weighted by Crippen LogP contribution is 2.29. The van der Waals surface area contributed by atoms with Crippen LogP contribution in [0.15, 0.2) is 17.5 Å². The highest BCUT2D eigenvalue weighted by Gasteiger charge is 2.47. The van der Waals surface area contributed by atoms with Gasteiger partial charge in [-0.25, -0.2) is 4.79 Å². The monoisotopic (exact) mass is 764 g/mol. The zero-order valence-electron chi connectivity index (χ0n) is 33.1. The molecule has 0 radical (unpaired) electrons. The molecule has 2 heterocycles. The van der Waals surface area contributed by atoms with E-state index in [0.29, 0.717) is 17.7 Å². The number of hydrogen-bond acceptors (Lipinski definition) is 10. The average molecular weight is 765 g/mol. The highest BCUT2D eigenvalue weighted by atomic mass is 32.1. The molecule has 0 aromatic carbocycles. The molecule has 16 heteroatoms. The summed E-state index contributed by atoms with van der Waals surface area (Å²) in [4.78, 5) is 96.3. The molecule has 6 amide bonds. The highest BCUT2D eigenvalue weighted by molar-refractivity contribution is 7.10. The van der Waals surface area contributed by atoms with Crippen LogP contribution in [-0.2, 0) is 38.2 Å². The Balaban J connectivity index is 2.26. The molecule has 0 bridgehead atoms. The summed E-state index contributed by atoms with van der Waals surface area (Å²) < 4.78 is 11.5. The van der Waals surface area contributed by atoms with Gasteiger partial charge in [-0.1, -0.05) is 60.5 Å². The molecular formula is C37H60N6O9S. The Bertz CT molecular complexity index is 1430. The lowest BCUT2D eigenvalue weighted by Gasteiger charge is -2.35. The number of nitrogens with zero attached hydrogens (tertiary/aromatic N) is 2. The van der Waals surface area contributed by atoms with E-state index < -0.39 is 83.3 Å². The summed E-state index contributed by atoms with van der Waals surface area (Å²) in [5.41, 5.74) is -1.37. The first kappa shape index (κ1) is 45.1. The number of thiophene rings is 1. The number of likely N-dealkylation sites (N-methyl/N-ethyl adjacent to an activating group) is 1. The molecule has 53 heavy (non-hydrogen) atoms. The summed E-state index contributed by atoms with van der Waals surface area (Å²) in [7, 11) is 3.12.